The van der Waals surface area contributed by atoms with Gasteiger partial charge in [0.25, 0.3) is 0 Å². The number of carbonyl (C=O) groups excluding carboxylic acids is 1. The lowest BCUT2D eigenvalue weighted by Crippen LogP contribution is -2.50. The van der Waals surface area contributed by atoms with Crippen molar-refractivity contribution in [3.63, 3.8) is 0 Å². The first-order chi connectivity index (χ1) is 11.6. The molecule has 2 amide bonds. The van der Waals surface area contributed by atoms with Crippen molar-refractivity contribution in [2.24, 2.45) is 7.05 Å². The number of thiophene rings is 1. The summed E-state index contributed by atoms with van der Waals surface area (Å²) in [6.07, 6.45) is 5.73. The second kappa shape index (κ2) is 7.81. The average molecular weight is 348 g/mol. The number of nitrogens with one attached hydrogen (secondary N) is 1. The van der Waals surface area contributed by atoms with E-state index in [0.29, 0.717) is 19.6 Å². The Balaban J connectivity index is 1.45. The molecule has 0 spiro atoms. The van der Waals surface area contributed by atoms with Gasteiger partial charge in [-0.25, -0.2) is 4.79 Å². The van der Waals surface area contributed by atoms with Crippen molar-refractivity contribution in [2.45, 2.75) is 32.0 Å². The van der Waals surface area contributed by atoms with Crippen LogP contribution in [0.3, 0.4) is 0 Å². The third-order valence-electron chi connectivity index (χ3n) is 4.14. The number of urea groups is 1. The van der Waals surface area contributed by atoms with Gasteiger partial charge < -0.3 is 15.0 Å². The highest BCUT2D eigenvalue weighted by molar-refractivity contribution is 7.07. The van der Waals surface area contributed by atoms with Crippen molar-refractivity contribution in [3.05, 3.63) is 40.3 Å². The topological polar surface area (TPSA) is 59.4 Å². The molecule has 0 radical (unpaired) electrons. The lowest BCUT2D eigenvalue weighted by molar-refractivity contribution is -0.0654. The van der Waals surface area contributed by atoms with E-state index in [4.69, 9.17) is 4.74 Å². The van der Waals surface area contributed by atoms with E-state index in [1.165, 1.54) is 5.56 Å². The zero-order chi connectivity index (χ0) is 16.9. The van der Waals surface area contributed by atoms with E-state index in [2.05, 4.69) is 21.9 Å². The number of rotatable bonds is 5. The number of hydrogen-bond donors (Lipinski definition) is 1. The Hall–Kier alpha value is -1.86. The van der Waals surface area contributed by atoms with Gasteiger partial charge in [-0.15, -0.1) is 0 Å². The largest absolute Gasteiger partial charge is 0.367 e. The van der Waals surface area contributed by atoms with Crippen LogP contribution in [-0.4, -0.2) is 46.4 Å². The van der Waals surface area contributed by atoms with Crippen molar-refractivity contribution >= 4 is 17.4 Å². The van der Waals surface area contributed by atoms with Crippen molar-refractivity contribution in [1.82, 2.24) is 20.0 Å². The lowest BCUT2D eigenvalue weighted by Gasteiger charge is -2.36. The van der Waals surface area contributed by atoms with E-state index < -0.39 is 0 Å². The summed E-state index contributed by atoms with van der Waals surface area (Å²) >= 11 is 1.65. The predicted molar refractivity (Wildman–Crippen MR) is 94.1 cm³/mol. The molecule has 0 aromatic carbocycles. The first-order valence-electron chi connectivity index (χ1n) is 8.29. The fourth-order valence-corrected chi connectivity index (χ4v) is 3.66. The average Bonchev–Trinajstić information content (AvgIpc) is 3.22. The molecule has 0 bridgehead atoms. The fourth-order valence-electron chi connectivity index (χ4n) is 2.96. The molecule has 24 heavy (non-hydrogen) atoms. The highest BCUT2D eigenvalue weighted by Gasteiger charge is 2.29. The molecule has 1 aliphatic heterocycles. The van der Waals surface area contributed by atoms with Gasteiger partial charge in [0.1, 0.15) is 6.10 Å². The maximum atomic E-state index is 12.4. The summed E-state index contributed by atoms with van der Waals surface area (Å²) in [6.45, 7) is 3.92. The molecular weight excluding hydrogens is 324 g/mol. The predicted octanol–water partition coefficient (Wildman–Crippen LogP) is 2.59. The van der Waals surface area contributed by atoms with Gasteiger partial charge >= 0.3 is 6.03 Å². The Labute approximate surface area is 146 Å². The highest BCUT2D eigenvalue weighted by atomic mass is 32.1. The van der Waals surface area contributed by atoms with Crippen molar-refractivity contribution in [2.75, 3.05) is 19.6 Å². The Bertz CT molecular complexity index is 655. The number of nitrogens with zero attached hydrogens (tertiary/aromatic N) is 3. The zero-order valence-electron chi connectivity index (χ0n) is 14.1. The van der Waals surface area contributed by atoms with Crippen LogP contribution in [0.4, 0.5) is 4.79 Å². The summed E-state index contributed by atoms with van der Waals surface area (Å²) in [5.74, 6) is 0. The monoisotopic (exact) mass is 348 g/mol. The number of carbonyl (C=O) groups is 1. The second-order valence-electron chi connectivity index (χ2n) is 6.25. The first kappa shape index (κ1) is 17.0. The number of amides is 2. The number of ether oxygens (including phenoxy) is 1. The molecule has 3 rings (SSSR count). The van der Waals surface area contributed by atoms with Gasteiger partial charge in [0.2, 0.25) is 0 Å². The molecular formula is C17H24N4O2S. The van der Waals surface area contributed by atoms with Crippen molar-refractivity contribution < 1.29 is 9.53 Å². The van der Waals surface area contributed by atoms with Crippen LogP contribution in [0, 0.1) is 0 Å². The van der Waals surface area contributed by atoms with E-state index in [1.807, 2.05) is 36.6 Å². The van der Waals surface area contributed by atoms with E-state index >= 15 is 0 Å². The molecule has 1 saturated heterocycles. The molecule has 7 heteroatoms. The molecule has 6 nitrogen and oxygen atoms in total. The Morgan fingerprint density at radius 1 is 1.50 bits per heavy atom. The molecule has 0 aliphatic carbocycles. The van der Waals surface area contributed by atoms with E-state index in [9.17, 15) is 4.79 Å². The SMILES string of the molecule is C[C@H]1CN(C(=O)NCCCc2cnn(C)c2)C[C@@H](c2ccsc2)O1. The van der Waals surface area contributed by atoms with Crippen LogP contribution in [-0.2, 0) is 18.2 Å². The highest BCUT2D eigenvalue weighted by Crippen LogP contribution is 2.26. The van der Waals surface area contributed by atoms with E-state index in [0.717, 1.165) is 18.4 Å². The lowest BCUT2D eigenvalue weighted by atomic mass is 10.1. The third-order valence-corrected chi connectivity index (χ3v) is 4.84. The molecule has 1 aliphatic rings. The molecule has 2 atom stereocenters. The van der Waals surface area contributed by atoms with Crippen LogP contribution in [0.1, 0.15) is 30.6 Å². The molecule has 2 aromatic heterocycles. The quantitative estimate of drug-likeness (QED) is 0.845. The minimum absolute atomic E-state index is 0.00318. The zero-order valence-corrected chi connectivity index (χ0v) is 15.0. The van der Waals surface area contributed by atoms with Gasteiger partial charge in [-0.1, -0.05) is 0 Å². The summed E-state index contributed by atoms with van der Waals surface area (Å²) in [6, 6.07) is 2.06. The van der Waals surface area contributed by atoms with Crippen molar-refractivity contribution in [1.29, 1.82) is 0 Å². The number of hydrogen-bond acceptors (Lipinski definition) is 4. The summed E-state index contributed by atoms with van der Waals surface area (Å²) in [7, 11) is 1.91. The van der Waals surface area contributed by atoms with Gasteiger partial charge in [-0.2, -0.15) is 16.4 Å². The standard InChI is InChI=1S/C17H24N4O2S/c1-13-9-21(11-16(23-13)15-5-7-24-12-15)17(22)18-6-3-4-14-8-19-20(2)10-14/h5,7-8,10,12-13,16H,3-4,6,9,11H2,1-2H3,(H,18,22)/t13-,16-/m0/s1. The molecule has 0 unspecified atom stereocenters. The summed E-state index contributed by atoms with van der Waals surface area (Å²) < 4.78 is 7.77. The van der Waals surface area contributed by atoms with Gasteiger partial charge in [-0.05, 0) is 47.7 Å². The molecule has 130 valence electrons. The van der Waals surface area contributed by atoms with Gasteiger partial charge in [-0.3, -0.25) is 4.68 Å². The van der Waals surface area contributed by atoms with E-state index in [1.54, 1.807) is 16.0 Å². The molecule has 1 fully saturated rings. The van der Waals surface area contributed by atoms with Gasteiger partial charge in [0.05, 0.1) is 18.8 Å². The summed E-state index contributed by atoms with van der Waals surface area (Å²) in [5.41, 5.74) is 2.35. The van der Waals surface area contributed by atoms with Crippen LogP contribution in [0.2, 0.25) is 0 Å². The van der Waals surface area contributed by atoms with E-state index in [-0.39, 0.29) is 18.2 Å². The van der Waals surface area contributed by atoms with Gasteiger partial charge in [0.15, 0.2) is 0 Å². The van der Waals surface area contributed by atoms with Crippen LogP contribution < -0.4 is 5.32 Å². The Morgan fingerprint density at radius 3 is 3.08 bits per heavy atom. The minimum Gasteiger partial charge on any atom is -0.367 e. The Morgan fingerprint density at radius 2 is 2.38 bits per heavy atom. The summed E-state index contributed by atoms with van der Waals surface area (Å²) in [4.78, 5) is 14.3. The van der Waals surface area contributed by atoms with Gasteiger partial charge in [0, 0.05) is 26.3 Å². The maximum Gasteiger partial charge on any atom is 0.317 e. The molecule has 0 saturated carbocycles. The van der Waals surface area contributed by atoms with Crippen LogP contribution in [0.5, 0.6) is 0 Å². The number of aryl methyl sites for hydroxylation is 2. The smallest absolute Gasteiger partial charge is 0.317 e. The molecule has 3 heterocycles. The van der Waals surface area contributed by atoms with Crippen LogP contribution >= 0.6 is 11.3 Å². The third kappa shape index (κ3) is 4.36. The molecule has 1 N–H and O–H groups in total. The Kier molecular flexibility index (Phi) is 5.52. The maximum absolute atomic E-state index is 12.4. The first-order valence-corrected chi connectivity index (χ1v) is 9.24. The number of aromatic nitrogens is 2. The van der Waals surface area contributed by atoms with Crippen LogP contribution in [0.25, 0.3) is 0 Å². The molecule has 2 aromatic rings. The second-order valence-corrected chi connectivity index (χ2v) is 7.03. The summed E-state index contributed by atoms with van der Waals surface area (Å²) in [5, 5.41) is 11.3. The van der Waals surface area contributed by atoms with Crippen molar-refractivity contribution in [3.8, 4) is 0 Å². The fraction of sp³-hybridized carbons (Fsp3) is 0.529. The number of morpholine rings is 1. The van der Waals surface area contributed by atoms with Crippen LogP contribution in [0.15, 0.2) is 29.2 Å². The minimum atomic E-state index is -0.0267. The normalized spacial score (nSPS) is 21.0.